The van der Waals surface area contributed by atoms with Crippen LogP contribution in [-0.4, -0.2) is 30.0 Å². The maximum atomic E-state index is 10.5. The summed E-state index contributed by atoms with van der Waals surface area (Å²) in [5, 5.41) is 8.65. The van der Waals surface area contributed by atoms with E-state index in [0.29, 0.717) is 19.0 Å². The van der Waals surface area contributed by atoms with Crippen LogP contribution in [0.3, 0.4) is 0 Å². The highest BCUT2D eigenvalue weighted by atomic mass is 32.2. The first kappa shape index (κ1) is 13.8. The lowest BCUT2D eigenvalue weighted by Gasteiger charge is -2.09. The van der Waals surface area contributed by atoms with Crippen molar-refractivity contribution in [3.05, 3.63) is 29.8 Å². The first-order valence-corrected chi connectivity index (χ1v) is 7.06. The minimum absolute atomic E-state index is 0.645. The van der Waals surface area contributed by atoms with Gasteiger partial charge in [0.05, 0.1) is 13.2 Å². The van der Waals surface area contributed by atoms with Crippen molar-refractivity contribution >= 4 is 17.7 Å². The first-order valence-electron chi connectivity index (χ1n) is 6.08. The number of carbonyl (C=O) groups is 1. The number of carboxylic acid groups (broad SMARTS) is 1. The summed E-state index contributed by atoms with van der Waals surface area (Å²) in [6.45, 7) is 3.16. The van der Waals surface area contributed by atoms with Gasteiger partial charge >= 0.3 is 5.97 Å². The first-order chi connectivity index (χ1) is 9.15. The lowest BCUT2D eigenvalue weighted by Crippen LogP contribution is -1.97. The van der Waals surface area contributed by atoms with Crippen molar-refractivity contribution in [3.63, 3.8) is 0 Å². The maximum absolute atomic E-state index is 10.5. The molecule has 1 N–H and O–H groups in total. The average molecular weight is 280 g/mol. The van der Waals surface area contributed by atoms with Crippen molar-refractivity contribution in [2.75, 3.05) is 19.0 Å². The second-order valence-electron chi connectivity index (χ2n) is 4.28. The highest BCUT2D eigenvalue weighted by Crippen LogP contribution is 2.34. The van der Waals surface area contributed by atoms with Crippen molar-refractivity contribution in [1.82, 2.24) is 0 Å². The second kappa shape index (κ2) is 6.52. The van der Waals surface area contributed by atoms with Gasteiger partial charge in [0.15, 0.2) is 11.5 Å². The van der Waals surface area contributed by atoms with Gasteiger partial charge in [-0.25, -0.2) is 4.79 Å². The Kier molecular flexibility index (Phi) is 4.74. The number of rotatable bonds is 4. The van der Waals surface area contributed by atoms with E-state index in [1.807, 2.05) is 25.1 Å². The van der Waals surface area contributed by atoms with Crippen LogP contribution >= 0.6 is 11.8 Å². The molecule has 0 fully saturated rings. The molecular formula is C14H16O4S. The van der Waals surface area contributed by atoms with Gasteiger partial charge < -0.3 is 14.6 Å². The zero-order valence-electron chi connectivity index (χ0n) is 10.7. The Morgan fingerprint density at radius 1 is 1.37 bits per heavy atom. The molecule has 0 saturated carbocycles. The molecule has 0 aromatic heterocycles. The minimum Gasteiger partial charge on any atom is -0.490 e. The number of hydrogen-bond acceptors (Lipinski definition) is 4. The molecule has 1 aromatic rings. The summed E-state index contributed by atoms with van der Waals surface area (Å²) < 4.78 is 11.2. The van der Waals surface area contributed by atoms with Gasteiger partial charge in [0.1, 0.15) is 0 Å². The molecule has 0 bridgehead atoms. The summed E-state index contributed by atoms with van der Waals surface area (Å²) in [7, 11) is 0. The monoisotopic (exact) mass is 280 g/mol. The minimum atomic E-state index is -0.906. The van der Waals surface area contributed by atoms with E-state index in [9.17, 15) is 4.79 Å². The number of benzene rings is 1. The Bertz CT molecular complexity index is 496. The maximum Gasteiger partial charge on any atom is 0.328 e. The van der Waals surface area contributed by atoms with Crippen LogP contribution in [0.5, 0.6) is 11.5 Å². The van der Waals surface area contributed by atoms with Gasteiger partial charge in [0.2, 0.25) is 0 Å². The van der Waals surface area contributed by atoms with Gasteiger partial charge in [-0.3, -0.25) is 0 Å². The van der Waals surface area contributed by atoms with E-state index in [1.165, 1.54) is 6.08 Å². The number of ether oxygens (including phenoxy) is 2. The molecule has 0 amide bonds. The van der Waals surface area contributed by atoms with E-state index < -0.39 is 5.97 Å². The van der Waals surface area contributed by atoms with E-state index >= 15 is 0 Å². The van der Waals surface area contributed by atoms with Crippen molar-refractivity contribution < 1.29 is 19.4 Å². The molecule has 1 heterocycles. The zero-order valence-corrected chi connectivity index (χ0v) is 11.5. The largest absolute Gasteiger partial charge is 0.490 e. The van der Waals surface area contributed by atoms with Crippen molar-refractivity contribution in [1.29, 1.82) is 0 Å². The van der Waals surface area contributed by atoms with Crippen LogP contribution in [0.1, 0.15) is 13.3 Å². The predicted octanol–water partition coefficient (Wildman–Crippen LogP) is 2.97. The third-order valence-corrected chi connectivity index (χ3v) is 3.74. The van der Waals surface area contributed by atoms with Gasteiger partial charge in [0.25, 0.3) is 0 Å². The lowest BCUT2D eigenvalue weighted by molar-refractivity contribution is -0.131. The van der Waals surface area contributed by atoms with Gasteiger partial charge in [-0.2, -0.15) is 0 Å². The fourth-order valence-electron chi connectivity index (χ4n) is 1.68. The van der Waals surface area contributed by atoms with E-state index in [1.54, 1.807) is 11.8 Å². The standard InChI is InChI=1S/C14H16O4S/c1-10(7-14(15)16)9-19-11-3-4-12-13(8-11)18-6-2-5-17-12/h3-4,7-8H,2,5-6,9H2,1H3,(H,15,16). The Labute approximate surface area is 116 Å². The Hall–Kier alpha value is -1.62. The topological polar surface area (TPSA) is 55.8 Å². The molecule has 1 aliphatic heterocycles. The smallest absolute Gasteiger partial charge is 0.328 e. The van der Waals surface area contributed by atoms with Gasteiger partial charge in [-0.15, -0.1) is 11.8 Å². The summed E-state index contributed by atoms with van der Waals surface area (Å²) in [6, 6.07) is 5.81. The number of thioether (sulfide) groups is 1. The Morgan fingerprint density at radius 3 is 2.84 bits per heavy atom. The summed E-state index contributed by atoms with van der Waals surface area (Å²) in [5.41, 5.74) is 0.824. The zero-order chi connectivity index (χ0) is 13.7. The molecule has 0 spiro atoms. The van der Waals surface area contributed by atoms with Crippen LogP contribution < -0.4 is 9.47 Å². The van der Waals surface area contributed by atoms with E-state index in [0.717, 1.165) is 28.4 Å². The van der Waals surface area contributed by atoms with Crippen molar-refractivity contribution in [3.8, 4) is 11.5 Å². The van der Waals surface area contributed by atoms with Crippen LogP contribution in [0.4, 0.5) is 0 Å². The van der Waals surface area contributed by atoms with E-state index in [-0.39, 0.29) is 0 Å². The van der Waals surface area contributed by atoms with Crippen LogP contribution in [0, 0.1) is 0 Å². The molecule has 2 rings (SSSR count). The van der Waals surface area contributed by atoms with Crippen molar-refractivity contribution in [2.24, 2.45) is 0 Å². The SMILES string of the molecule is CC(=CC(=O)O)CSc1ccc2c(c1)OCCCO2. The summed E-state index contributed by atoms with van der Waals surface area (Å²) in [4.78, 5) is 11.6. The van der Waals surface area contributed by atoms with Gasteiger partial charge in [-0.05, 0) is 25.1 Å². The Morgan fingerprint density at radius 2 is 2.11 bits per heavy atom. The molecule has 1 aliphatic rings. The highest BCUT2D eigenvalue weighted by Gasteiger charge is 2.10. The normalized spacial score (nSPS) is 14.9. The predicted molar refractivity (Wildman–Crippen MR) is 74.2 cm³/mol. The third-order valence-electron chi connectivity index (χ3n) is 2.56. The van der Waals surface area contributed by atoms with Crippen LogP contribution in [0.2, 0.25) is 0 Å². The molecule has 1 aromatic carbocycles. The number of fused-ring (bicyclic) bond motifs is 1. The third kappa shape index (κ3) is 4.21. The molecule has 4 nitrogen and oxygen atoms in total. The van der Waals surface area contributed by atoms with Crippen LogP contribution in [-0.2, 0) is 4.79 Å². The average Bonchev–Trinajstić information content (AvgIpc) is 2.60. The molecule has 0 atom stereocenters. The fourth-order valence-corrected chi connectivity index (χ4v) is 2.52. The number of aliphatic carboxylic acids is 1. The molecule has 102 valence electrons. The second-order valence-corrected chi connectivity index (χ2v) is 5.33. The van der Waals surface area contributed by atoms with Gasteiger partial charge in [0, 0.05) is 23.1 Å². The van der Waals surface area contributed by atoms with Crippen LogP contribution in [0.15, 0.2) is 34.7 Å². The molecular weight excluding hydrogens is 264 g/mol. The fraction of sp³-hybridized carbons (Fsp3) is 0.357. The van der Waals surface area contributed by atoms with Crippen LogP contribution in [0.25, 0.3) is 0 Å². The lowest BCUT2D eigenvalue weighted by atomic mass is 10.3. The van der Waals surface area contributed by atoms with Gasteiger partial charge in [-0.1, -0.05) is 5.57 Å². The summed E-state index contributed by atoms with van der Waals surface area (Å²) in [6.07, 6.45) is 2.12. The molecule has 0 unspecified atom stereocenters. The van der Waals surface area contributed by atoms with E-state index in [2.05, 4.69) is 0 Å². The molecule has 0 radical (unpaired) electrons. The molecule has 0 aliphatic carbocycles. The Balaban J connectivity index is 2.02. The molecule has 5 heteroatoms. The quantitative estimate of drug-likeness (QED) is 0.679. The molecule has 0 saturated heterocycles. The van der Waals surface area contributed by atoms with Crippen molar-refractivity contribution in [2.45, 2.75) is 18.2 Å². The summed E-state index contributed by atoms with van der Waals surface area (Å²) in [5.74, 6) is 1.28. The summed E-state index contributed by atoms with van der Waals surface area (Å²) >= 11 is 1.58. The molecule has 19 heavy (non-hydrogen) atoms. The van der Waals surface area contributed by atoms with E-state index in [4.69, 9.17) is 14.6 Å². The number of carboxylic acids is 1. The number of hydrogen-bond donors (Lipinski definition) is 1. The highest BCUT2D eigenvalue weighted by molar-refractivity contribution is 7.99.